The van der Waals surface area contributed by atoms with E-state index >= 15 is 0 Å². The number of pyridine rings is 1. The van der Waals surface area contributed by atoms with E-state index in [2.05, 4.69) is 21.0 Å². The lowest BCUT2D eigenvalue weighted by molar-refractivity contribution is -0.137. The second kappa shape index (κ2) is 6.20. The summed E-state index contributed by atoms with van der Waals surface area (Å²) in [4.78, 5) is 14.8. The van der Waals surface area contributed by atoms with Crippen molar-refractivity contribution < 1.29 is 13.2 Å². The topological polar surface area (TPSA) is 65.7 Å². The van der Waals surface area contributed by atoms with Gasteiger partial charge in [0, 0.05) is 36.8 Å². The standard InChI is InChI=1S/C19H14F3N5/c1-11-25-17-3-2-12(8-23)6-15(17)18(26-11)27-5-4-16-13(10-27)7-14(9-24-16)19(20,21)22/h2-3,6-7,9H,4-5,10H2,1H3. The van der Waals surface area contributed by atoms with Crippen molar-refractivity contribution in [3.63, 3.8) is 0 Å². The van der Waals surface area contributed by atoms with Gasteiger partial charge in [-0.3, -0.25) is 4.98 Å². The number of benzene rings is 1. The van der Waals surface area contributed by atoms with Gasteiger partial charge in [-0.2, -0.15) is 18.4 Å². The second-order valence-electron chi connectivity index (χ2n) is 6.44. The molecule has 0 unspecified atom stereocenters. The molecule has 27 heavy (non-hydrogen) atoms. The van der Waals surface area contributed by atoms with Crippen LogP contribution < -0.4 is 4.90 Å². The number of aromatic nitrogens is 3. The number of halogens is 3. The van der Waals surface area contributed by atoms with E-state index in [4.69, 9.17) is 0 Å². The van der Waals surface area contributed by atoms with Crippen molar-refractivity contribution >= 4 is 16.7 Å². The molecule has 0 amide bonds. The molecule has 0 saturated heterocycles. The minimum Gasteiger partial charge on any atom is -0.351 e. The SMILES string of the molecule is Cc1nc(N2CCc3ncc(C(F)(F)F)cc3C2)c2cc(C#N)ccc2n1. The van der Waals surface area contributed by atoms with Crippen molar-refractivity contribution in [3.8, 4) is 6.07 Å². The number of hydrogen-bond donors (Lipinski definition) is 0. The molecule has 1 aromatic carbocycles. The first kappa shape index (κ1) is 17.2. The minimum atomic E-state index is -4.43. The molecule has 3 aromatic rings. The first-order valence-corrected chi connectivity index (χ1v) is 8.33. The molecule has 0 fully saturated rings. The van der Waals surface area contributed by atoms with Gasteiger partial charge in [0.1, 0.15) is 11.6 Å². The molecule has 0 N–H and O–H groups in total. The summed E-state index contributed by atoms with van der Waals surface area (Å²) >= 11 is 0. The summed E-state index contributed by atoms with van der Waals surface area (Å²) in [6.07, 6.45) is -3.02. The summed E-state index contributed by atoms with van der Waals surface area (Å²) in [5, 5.41) is 9.88. The average molecular weight is 369 g/mol. The van der Waals surface area contributed by atoms with Crippen LogP contribution >= 0.6 is 0 Å². The maximum atomic E-state index is 13.0. The van der Waals surface area contributed by atoms with Crippen LogP contribution in [0.25, 0.3) is 10.9 Å². The van der Waals surface area contributed by atoms with Crippen LogP contribution in [0.5, 0.6) is 0 Å². The number of hydrogen-bond acceptors (Lipinski definition) is 5. The highest BCUT2D eigenvalue weighted by Crippen LogP contribution is 2.33. The van der Waals surface area contributed by atoms with Gasteiger partial charge in [-0.05, 0) is 36.8 Å². The molecule has 1 aliphatic rings. The van der Waals surface area contributed by atoms with Crippen LogP contribution in [0.15, 0.2) is 30.5 Å². The van der Waals surface area contributed by atoms with Gasteiger partial charge in [0.25, 0.3) is 0 Å². The van der Waals surface area contributed by atoms with Gasteiger partial charge in [0.05, 0.1) is 22.7 Å². The molecular formula is C19H14F3N5. The molecule has 0 atom stereocenters. The molecule has 0 bridgehead atoms. The number of anilines is 1. The maximum absolute atomic E-state index is 13.0. The van der Waals surface area contributed by atoms with Gasteiger partial charge in [-0.25, -0.2) is 9.97 Å². The highest BCUT2D eigenvalue weighted by Gasteiger charge is 2.32. The van der Waals surface area contributed by atoms with Gasteiger partial charge in [-0.1, -0.05) is 0 Å². The second-order valence-corrected chi connectivity index (χ2v) is 6.44. The van der Waals surface area contributed by atoms with Gasteiger partial charge in [0.15, 0.2) is 0 Å². The number of nitriles is 1. The van der Waals surface area contributed by atoms with E-state index in [0.717, 1.165) is 12.3 Å². The third-order valence-electron chi connectivity index (χ3n) is 4.58. The lowest BCUT2D eigenvalue weighted by atomic mass is 10.0. The number of alkyl halides is 3. The fourth-order valence-corrected chi connectivity index (χ4v) is 3.30. The zero-order valence-electron chi connectivity index (χ0n) is 14.4. The Bertz CT molecular complexity index is 1090. The van der Waals surface area contributed by atoms with Gasteiger partial charge in [-0.15, -0.1) is 0 Å². The Morgan fingerprint density at radius 2 is 2.00 bits per heavy atom. The summed E-state index contributed by atoms with van der Waals surface area (Å²) in [6.45, 7) is 2.62. The van der Waals surface area contributed by atoms with Crippen LogP contribution in [0.2, 0.25) is 0 Å². The maximum Gasteiger partial charge on any atom is 0.417 e. The van der Waals surface area contributed by atoms with Gasteiger partial charge < -0.3 is 4.90 Å². The molecule has 2 aromatic heterocycles. The zero-order valence-corrected chi connectivity index (χ0v) is 14.4. The summed E-state index contributed by atoms with van der Waals surface area (Å²) in [7, 11) is 0. The molecule has 1 aliphatic heterocycles. The highest BCUT2D eigenvalue weighted by molar-refractivity contribution is 5.90. The molecule has 5 nitrogen and oxygen atoms in total. The highest BCUT2D eigenvalue weighted by atomic mass is 19.4. The smallest absolute Gasteiger partial charge is 0.351 e. The fraction of sp³-hybridized carbons (Fsp3) is 0.263. The Morgan fingerprint density at radius 3 is 2.74 bits per heavy atom. The summed E-state index contributed by atoms with van der Waals surface area (Å²) < 4.78 is 39.1. The Balaban J connectivity index is 1.79. The van der Waals surface area contributed by atoms with Gasteiger partial charge >= 0.3 is 6.18 Å². The predicted octanol–water partition coefficient (Wildman–Crippen LogP) is 3.79. The fourth-order valence-electron chi connectivity index (χ4n) is 3.30. The van der Waals surface area contributed by atoms with E-state index in [1.807, 2.05) is 4.90 Å². The van der Waals surface area contributed by atoms with Gasteiger partial charge in [0.2, 0.25) is 0 Å². The first-order chi connectivity index (χ1) is 12.8. The quantitative estimate of drug-likeness (QED) is 0.653. The van der Waals surface area contributed by atoms with E-state index in [0.29, 0.717) is 52.3 Å². The van der Waals surface area contributed by atoms with E-state index in [1.165, 1.54) is 0 Å². The normalized spacial score (nSPS) is 14.1. The third-order valence-corrected chi connectivity index (χ3v) is 4.58. The van der Waals surface area contributed by atoms with Crippen molar-refractivity contribution in [2.45, 2.75) is 26.1 Å². The Kier molecular flexibility index (Phi) is 3.95. The molecule has 4 rings (SSSR count). The van der Waals surface area contributed by atoms with Crippen LogP contribution in [-0.4, -0.2) is 21.5 Å². The molecule has 8 heteroatoms. The summed E-state index contributed by atoms with van der Waals surface area (Å²) in [5.41, 5.74) is 1.64. The minimum absolute atomic E-state index is 0.272. The lowest BCUT2D eigenvalue weighted by Gasteiger charge is -2.30. The molecule has 0 aliphatic carbocycles. The van der Waals surface area contributed by atoms with Crippen molar-refractivity contribution in [3.05, 3.63) is 58.7 Å². The lowest BCUT2D eigenvalue weighted by Crippen LogP contribution is -2.32. The Hall–Kier alpha value is -3.21. The molecule has 0 saturated carbocycles. The van der Waals surface area contributed by atoms with Crippen molar-refractivity contribution in [2.24, 2.45) is 0 Å². The molecule has 0 spiro atoms. The number of aryl methyl sites for hydroxylation is 1. The summed E-state index contributed by atoms with van der Waals surface area (Å²) in [5.74, 6) is 1.19. The number of rotatable bonds is 1. The van der Waals surface area contributed by atoms with Crippen molar-refractivity contribution in [1.82, 2.24) is 15.0 Å². The largest absolute Gasteiger partial charge is 0.417 e. The van der Waals surface area contributed by atoms with Crippen LogP contribution in [0, 0.1) is 18.3 Å². The van der Waals surface area contributed by atoms with Crippen molar-refractivity contribution in [1.29, 1.82) is 5.26 Å². The third kappa shape index (κ3) is 3.16. The predicted molar refractivity (Wildman–Crippen MR) is 93.0 cm³/mol. The van der Waals surface area contributed by atoms with Crippen molar-refractivity contribution in [2.75, 3.05) is 11.4 Å². The van der Waals surface area contributed by atoms with Crippen LogP contribution in [0.4, 0.5) is 19.0 Å². The van der Waals surface area contributed by atoms with Crippen LogP contribution in [0.3, 0.4) is 0 Å². The molecule has 3 heterocycles. The Morgan fingerprint density at radius 1 is 1.19 bits per heavy atom. The van der Waals surface area contributed by atoms with E-state index in [9.17, 15) is 18.4 Å². The number of nitrogens with zero attached hydrogens (tertiary/aromatic N) is 5. The molecule has 136 valence electrons. The number of fused-ring (bicyclic) bond motifs is 2. The zero-order chi connectivity index (χ0) is 19.2. The first-order valence-electron chi connectivity index (χ1n) is 8.33. The summed E-state index contributed by atoms with van der Waals surface area (Å²) in [6, 6.07) is 8.41. The van der Waals surface area contributed by atoms with Crippen LogP contribution in [0.1, 0.15) is 28.2 Å². The Labute approximate surface area is 153 Å². The van der Waals surface area contributed by atoms with E-state index in [1.54, 1.807) is 25.1 Å². The van der Waals surface area contributed by atoms with E-state index in [-0.39, 0.29) is 6.54 Å². The molecule has 0 radical (unpaired) electrons. The molecular weight excluding hydrogens is 355 g/mol. The van der Waals surface area contributed by atoms with E-state index < -0.39 is 11.7 Å². The van der Waals surface area contributed by atoms with Crippen LogP contribution in [-0.2, 0) is 19.1 Å². The monoisotopic (exact) mass is 369 g/mol. The average Bonchev–Trinajstić information content (AvgIpc) is 2.65.